The summed E-state index contributed by atoms with van der Waals surface area (Å²) in [5.74, 6) is 0.281. The number of rotatable bonds is 1. The van der Waals surface area contributed by atoms with Crippen LogP contribution in [0.3, 0.4) is 0 Å². The standard InChI is InChI=1S/C11H14FN3/c1-7-3-4-9(12)8(5-7)10-6-14-11(13)15(10)2/h3-5,10H,6H2,1-2H3,(H2,13,14). The molecule has 4 heteroatoms. The van der Waals surface area contributed by atoms with E-state index in [9.17, 15) is 4.39 Å². The predicted molar refractivity (Wildman–Crippen MR) is 58.1 cm³/mol. The fourth-order valence-electron chi connectivity index (χ4n) is 1.80. The van der Waals surface area contributed by atoms with Crippen LogP contribution in [0.2, 0.25) is 0 Å². The first kappa shape index (κ1) is 9.96. The molecule has 80 valence electrons. The Hall–Kier alpha value is -1.58. The molecule has 0 saturated carbocycles. The molecule has 0 aliphatic carbocycles. The van der Waals surface area contributed by atoms with Gasteiger partial charge in [0.25, 0.3) is 0 Å². The molecule has 0 bridgehead atoms. The van der Waals surface area contributed by atoms with Gasteiger partial charge in [-0.15, -0.1) is 0 Å². The van der Waals surface area contributed by atoms with Gasteiger partial charge in [0.05, 0.1) is 12.6 Å². The Morgan fingerprint density at radius 1 is 1.53 bits per heavy atom. The minimum Gasteiger partial charge on any atom is -0.370 e. The summed E-state index contributed by atoms with van der Waals surface area (Å²) < 4.78 is 13.6. The molecule has 1 unspecified atom stereocenters. The Bertz CT molecular complexity index is 414. The van der Waals surface area contributed by atoms with Gasteiger partial charge in [0.1, 0.15) is 5.82 Å². The Balaban J connectivity index is 2.35. The van der Waals surface area contributed by atoms with Crippen LogP contribution in [-0.2, 0) is 0 Å². The highest BCUT2D eigenvalue weighted by Gasteiger charge is 2.26. The van der Waals surface area contributed by atoms with E-state index in [1.54, 1.807) is 11.0 Å². The smallest absolute Gasteiger partial charge is 0.191 e. The fraction of sp³-hybridized carbons (Fsp3) is 0.364. The number of nitrogens with two attached hydrogens (primary N) is 1. The van der Waals surface area contributed by atoms with Crippen molar-refractivity contribution in [3.8, 4) is 0 Å². The molecule has 0 fully saturated rings. The molecule has 0 aromatic heterocycles. The number of aliphatic imine (C=N–C) groups is 1. The highest BCUT2D eigenvalue weighted by Crippen LogP contribution is 2.26. The number of hydrogen-bond acceptors (Lipinski definition) is 3. The number of nitrogens with zero attached hydrogens (tertiary/aromatic N) is 2. The first-order valence-electron chi connectivity index (χ1n) is 4.88. The third-order valence-electron chi connectivity index (χ3n) is 2.77. The second kappa shape index (κ2) is 3.53. The molecular weight excluding hydrogens is 193 g/mol. The van der Waals surface area contributed by atoms with Gasteiger partial charge in [-0.1, -0.05) is 17.7 Å². The quantitative estimate of drug-likeness (QED) is 0.757. The van der Waals surface area contributed by atoms with E-state index in [4.69, 9.17) is 5.73 Å². The van der Waals surface area contributed by atoms with E-state index in [1.165, 1.54) is 6.07 Å². The maximum absolute atomic E-state index is 13.6. The topological polar surface area (TPSA) is 41.6 Å². The van der Waals surface area contributed by atoms with Crippen LogP contribution >= 0.6 is 0 Å². The Morgan fingerprint density at radius 2 is 2.27 bits per heavy atom. The van der Waals surface area contributed by atoms with E-state index in [0.717, 1.165) is 5.56 Å². The van der Waals surface area contributed by atoms with Crippen LogP contribution in [0, 0.1) is 12.7 Å². The third kappa shape index (κ3) is 1.67. The second-order valence-electron chi connectivity index (χ2n) is 3.85. The molecule has 0 radical (unpaired) electrons. The van der Waals surface area contributed by atoms with Crippen LogP contribution in [0.4, 0.5) is 4.39 Å². The molecule has 3 nitrogen and oxygen atoms in total. The molecule has 1 aromatic carbocycles. The van der Waals surface area contributed by atoms with Gasteiger partial charge < -0.3 is 10.6 Å². The number of aryl methyl sites for hydroxylation is 1. The summed E-state index contributed by atoms with van der Waals surface area (Å²) in [4.78, 5) is 5.90. The van der Waals surface area contributed by atoms with Gasteiger partial charge in [-0.2, -0.15) is 0 Å². The van der Waals surface area contributed by atoms with Crippen molar-refractivity contribution in [2.45, 2.75) is 13.0 Å². The van der Waals surface area contributed by atoms with E-state index >= 15 is 0 Å². The van der Waals surface area contributed by atoms with Gasteiger partial charge in [0, 0.05) is 12.6 Å². The van der Waals surface area contributed by atoms with Gasteiger partial charge in [0.15, 0.2) is 5.96 Å². The maximum atomic E-state index is 13.6. The second-order valence-corrected chi connectivity index (χ2v) is 3.85. The summed E-state index contributed by atoms with van der Waals surface area (Å²) >= 11 is 0. The number of guanidine groups is 1. The molecule has 1 aliphatic heterocycles. The predicted octanol–water partition coefficient (Wildman–Crippen LogP) is 1.44. The van der Waals surface area contributed by atoms with Crippen LogP contribution in [-0.4, -0.2) is 24.5 Å². The summed E-state index contributed by atoms with van der Waals surface area (Å²) in [5.41, 5.74) is 7.36. The maximum Gasteiger partial charge on any atom is 0.191 e. The van der Waals surface area contributed by atoms with Crippen molar-refractivity contribution in [1.82, 2.24) is 4.90 Å². The summed E-state index contributed by atoms with van der Waals surface area (Å²) in [6, 6.07) is 5.04. The molecule has 2 rings (SSSR count). The lowest BCUT2D eigenvalue weighted by Gasteiger charge is -2.22. The van der Waals surface area contributed by atoms with Crippen molar-refractivity contribution < 1.29 is 4.39 Å². The monoisotopic (exact) mass is 207 g/mol. The number of benzene rings is 1. The van der Waals surface area contributed by atoms with Crippen molar-refractivity contribution >= 4 is 5.96 Å². The molecule has 0 spiro atoms. The summed E-state index contributed by atoms with van der Waals surface area (Å²) in [5, 5.41) is 0. The van der Waals surface area contributed by atoms with E-state index in [-0.39, 0.29) is 11.9 Å². The van der Waals surface area contributed by atoms with Crippen LogP contribution < -0.4 is 5.73 Å². The van der Waals surface area contributed by atoms with Crippen LogP contribution in [0.5, 0.6) is 0 Å². The molecule has 1 heterocycles. The lowest BCUT2D eigenvalue weighted by Crippen LogP contribution is -2.32. The third-order valence-corrected chi connectivity index (χ3v) is 2.77. The van der Waals surface area contributed by atoms with Crippen molar-refractivity contribution in [2.75, 3.05) is 13.6 Å². The molecule has 15 heavy (non-hydrogen) atoms. The zero-order valence-electron chi connectivity index (χ0n) is 8.87. The normalized spacial score (nSPS) is 20.6. The van der Waals surface area contributed by atoms with Crippen LogP contribution in [0.15, 0.2) is 23.2 Å². The molecule has 1 aromatic rings. The first-order chi connectivity index (χ1) is 7.09. The minimum absolute atomic E-state index is 0.0649. The lowest BCUT2D eigenvalue weighted by atomic mass is 10.0. The van der Waals surface area contributed by atoms with Crippen molar-refractivity contribution in [1.29, 1.82) is 0 Å². The molecule has 2 N–H and O–H groups in total. The Kier molecular flexibility index (Phi) is 2.34. The summed E-state index contributed by atoms with van der Waals surface area (Å²) in [6.45, 7) is 2.48. The number of hydrogen-bond donors (Lipinski definition) is 1. The largest absolute Gasteiger partial charge is 0.370 e. The van der Waals surface area contributed by atoms with Crippen LogP contribution in [0.25, 0.3) is 0 Å². The number of likely N-dealkylation sites (N-methyl/N-ethyl adjacent to an activating group) is 1. The highest BCUT2D eigenvalue weighted by molar-refractivity contribution is 5.80. The van der Waals surface area contributed by atoms with Crippen molar-refractivity contribution in [3.63, 3.8) is 0 Å². The van der Waals surface area contributed by atoms with Gasteiger partial charge in [-0.25, -0.2) is 4.39 Å². The fourth-order valence-corrected chi connectivity index (χ4v) is 1.80. The molecular formula is C11H14FN3. The van der Waals surface area contributed by atoms with E-state index in [1.807, 2.05) is 20.0 Å². The summed E-state index contributed by atoms with van der Waals surface area (Å²) in [7, 11) is 1.83. The molecule has 1 aliphatic rings. The van der Waals surface area contributed by atoms with Gasteiger partial charge in [-0.3, -0.25) is 4.99 Å². The van der Waals surface area contributed by atoms with E-state index in [2.05, 4.69) is 4.99 Å². The van der Waals surface area contributed by atoms with Crippen molar-refractivity contribution in [2.24, 2.45) is 10.7 Å². The van der Waals surface area contributed by atoms with E-state index < -0.39 is 0 Å². The Morgan fingerprint density at radius 3 is 2.87 bits per heavy atom. The first-order valence-corrected chi connectivity index (χ1v) is 4.88. The minimum atomic E-state index is -0.192. The van der Waals surface area contributed by atoms with Gasteiger partial charge in [0.2, 0.25) is 0 Å². The average Bonchev–Trinajstić information content (AvgIpc) is 2.52. The zero-order chi connectivity index (χ0) is 11.0. The zero-order valence-corrected chi connectivity index (χ0v) is 8.87. The van der Waals surface area contributed by atoms with Crippen molar-refractivity contribution in [3.05, 3.63) is 35.1 Å². The lowest BCUT2D eigenvalue weighted by molar-refractivity contribution is 0.399. The molecule has 1 atom stereocenters. The number of halogens is 1. The molecule has 0 amide bonds. The summed E-state index contributed by atoms with van der Waals surface area (Å²) in [6.07, 6.45) is 0. The highest BCUT2D eigenvalue weighted by atomic mass is 19.1. The Labute approximate surface area is 88.4 Å². The molecule has 0 saturated heterocycles. The van der Waals surface area contributed by atoms with Crippen LogP contribution in [0.1, 0.15) is 17.2 Å². The van der Waals surface area contributed by atoms with Gasteiger partial charge >= 0.3 is 0 Å². The van der Waals surface area contributed by atoms with E-state index in [0.29, 0.717) is 18.1 Å². The SMILES string of the molecule is Cc1ccc(F)c(C2CN=C(N)N2C)c1. The van der Waals surface area contributed by atoms with Gasteiger partial charge in [-0.05, 0) is 13.0 Å². The average molecular weight is 207 g/mol.